The molecule has 29 heavy (non-hydrogen) atoms. The second kappa shape index (κ2) is 7.85. The number of sulfonamides is 1. The average Bonchev–Trinajstić information content (AvgIpc) is 3.08. The van der Waals surface area contributed by atoms with Gasteiger partial charge in [0.05, 0.1) is 15.8 Å². The molecule has 0 aliphatic heterocycles. The molecule has 2 atom stereocenters. The minimum Gasteiger partial charge on any atom is -0.334 e. The first-order valence-electron chi connectivity index (χ1n) is 9.89. The van der Waals surface area contributed by atoms with Gasteiger partial charge in [0.1, 0.15) is 0 Å². The SMILES string of the molecule is CC(c1ccc(S(N)(=O)=O)cc1)N(C)C(=O)c1cc2c(s1)CCC(C(C)(C)C)C2. The highest BCUT2D eigenvalue weighted by atomic mass is 32.2. The van der Waals surface area contributed by atoms with Crippen LogP contribution in [-0.4, -0.2) is 26.3 Å². The molecule has 0 spiro atoms. The van der Waals surface area contributed by atoms with Crippen LogP contribution in [0.4, 0.5) is 0 Å². The van der Waals surface area contributed by atoms with Gasteiger partial charge in [0, 0.05) is 11.9 Å². The van der Waals surface area contributed by atoms with Gasteiger partial charge in [0.15, 0.2) is 0 Å². The van der Waals surface area contributed by atoms with Crippen LogP contribution in [0, 0.1) is 11.3 Å². The number of carbonyl (C=O) groups is 1. The Labute approximate surface area is 178 Å². The first kappa shape index (κ1) is 22.0. The normalized spacial score (nSPS) is 18.2. The summed E-state index contributed by atoms with van der Waals surface area (Å²) in [7, 11) is -1.93. The van der Waals surface area contributed by atoms with E-state index in [1.54, 1.807) is 35.4 Å². The van der Waals surface area contributed by atoms with Crippen LogP contribution in [0.1, 0.15) is 65.8 Å². The molecule has 2 N–H and O–H groups in total. The third-order valence-corrected chi connectivity index (χ3v) is 8.27. The highest BCUT2D eigenvalue weighted by molar-refractivity contribution is 7.89. The highest BCUT2D eigenvalue weighted by Crippen LogP contribution is 2.40. The van der Waals surface area contributed by atoms with E-state index >= 15 is 0 Å². The Bertz CT molecular complexity index is 1000. The molecule has 1 heterocycles. The van der Waals surface area contributed by atoms with Gasteiger partial charge >= 0.3 is 0 Å². The molecule has 0 fully saturated rings. The van der Waals surface area contributed by atoms with Crippen molar-refractivity contribution in [2.24, 2.45) is 16.5 Å². The van der Waals surface area contributed by atoms with Crippen molar-refractivity contribution >= 4 is 27.3 Å². The molecule has 1 aliphatic carbocycles. The van der Waals surface area contributed by atoms with Crippen molar-refractivity contribution in [2.75, 3.05) is 7.05 Å². The molecule has 3 rings (SSSR count). The van der Waals surface area contributed by atoms with Crippen LogP contribution < -0.4 is 5.14 Å². The van der Waals surface area contributed by atoms with E-state index in [2.05, 4.69) is 26.8 Å². The van der Waals surface area contributed by atoms with Crippen molar-refractivity contribution < 1.29 is 13.2 Å². The second-order valence-electron chi connectivity index (χ2n) is 9.07. The van der Waals surface area contributed by atoms with E-state index < -0.39 is 10.0 Å². The summed E-state index contributed by atoms with van der Waals surface area (Å²) in [5.41, 5.74) is 2.46. The lowest BCUT2D eigenvalue weighted by Gasteiger charge is -2.33. The van der Waals surface area contributed by atoms with E-state index in [0.29, 0.717) is 5.92 Å². The number of rotatable bonds is 4. The summed E-state index contributed by atoms with van der Waals surface area (Å²) in [6.45, 7) is 8.81. The number of primary sulfonamides is 1. The van der Waals surface area contributed by atoms with Crippen molar-refractivity contribution in [1.29, 1.82) is 0 Å². The molecule has 0 saturated heterocycles. The number of amides is 1. The van der Waals surface area contributed by atoms with Gasteiger partial charge in [-0.1, -0.05) is 32.9 Å². The molecule has 0 bridgehead atoms. The molecule has 2 unspecified atom stereocenters. The Balaban J connectivity index is 1.76. The van der Waals surface area contributed by atoms with E-state index in [9.17, 15) is 13.2 Å². The number of nitrogens with two attached hydrogens (primary N) is 1. The molecule has 1 aromatic heterocycles. The molecule has 158 valence electrons. The summed E-state index contributed by atoms with van der Waals surface area (Å²) in [5, 5.41) is 5.16. The van der Waals surface area contributed by atoms with Gasteiger partial charge in [-0.25, -0.2) is 13.6 Å². The van der Waals surface area contributed by atoms with Crippen LogP contribution >= 0.6 is 11.3 Å². The van der Waals surface area contributed by atoms with E-state index in [-0.39, 0.29) is 22.3 Å². The van der Waals surface area contributed by atoms with Crippen LogP contribution in [0.25, 0.3) is 0 Å². The molecule has 1 aliphatic rings. The third-order valence-electron chi connectivity index (χ3n) is 6.11. The van der Waals surface area contributed by atoms with Crippen LogP contribution in [-0.2, 0) is 22.9 Å². The number of hydrogen-bond acceptors (Lipinski definition) is 4. The summed E-state index contributed by atoms with van der Waals surface area (Å²) in [5.74, 6) is 0.640. The van der Waals surface area contributed by atoms with Crippen LogP contribution in [0.3, 0.4) is 0 Å². The molecule has 0 saturated carbocycles. The minimum absolute atomic E-state index is 0.000249. The number of aryl methyl sites for hydroxylation is 1. The monoisotopic (exact) mass is 434 g/mol. The van der Waals surface area contributed by atoms with Crippen LogP contribution in [0.2, 0.25) is 0 Å². The predicted octanol–water partition coefficient (Wildman–Crippen LogP) is 4.38. The first-order chi connectivity index (χ1) is 13.4. The van der Waals surface area contributed by atoms with Gasteiger partial charge < -0.3 is 4.90 Å². The van der Waals surface area contributed by atoms with E-state index in [4.69, 9.17) is 5.14 Å². The summed E-state index contributed by atoms with van der Waals surface area (Å²) in [6.07, 6.45) is 3.26. The van der Waals surface area contributed by atoms with Crippen LogP contribution in [0.5, 0.6) is 0 Å². The Morgan fingerprint density at radius 1 is 1.24 bits per heavy atom. The number of nitrogens with zero attached hydrogens (tertiary/aromatic N) is 1. The van der Waals surface area contributed by atoms with Crippen molar-refractivity contribution in [2.45, 2.75) is 57.9 Å². The maximum absolute atomic E-state index is 13.1. The zero-order valence-electron chi connectivity index (χ0n) is 17.7. The van der Waals surface area contributed by atoms with Gasteiger partial charge in [0.25, 0.3) is 5.91 Å². The summed E-state index contributed by atoms with van der Waals surface area (Å²) in [6, 6.07) is 8.28. The number of benzene rings is 1. The molecule has 2 aromatic rings. The summed E-state index contributed by atoms with van der Waals surface area (Å²) >= 11 is 1.62. The second-order valence-corrected chi connectivity index (χ2v) is 11.8. The topological polar surface area (TPSA) is 80.5 Å². The lowest BCUT2D eigenvalue weighted by Crippen LogP contribution is -2.29. The fraction of sp³-hybridized carbons (Fsp3) is 0.500. The molecule has 0 radical (unpaired) electrons. The van der Waals surface area contributed by atoms with Gasteiger partial charge in [-0.05, 0) is 66.8 Å². The van der Waals surface area contributed by atoms with Crippen molar-refractivity contribution in [3.8, 4) is 0 Å². The molecule has 7 heteroatoms. The lowest BCUT2D eigenvalue weighted by atomic mass is 9.72. The van der Waals surface area contributed by atoms with Crippen molar-refractivity contribution in [3.05, 3.63) is 51.2 Å². The molecule has 1 amide bonds. The molecule has 5 nitrogen and oxygen atoms in total. The zero-order valence-corrected chi connectivity index (χ0v) is 19.4. The summed E-state index contributed by atoms with van der Waals surface area (Å²) in [4.78, 5) is 17.0. The maximum Gasteiger partial charge on any atom is 0.264 e. The average molecular weight is 435 g/mol. The number of thiophene rings is 1. The zero-order chi connectivity index (χ0) is 21.6. The standard InChI is InChI=1S/C22H30N2O3S2/c1-14(15-6-9-18(10-7-15)29(23,26)27)24(5)21(25)20-13-16-12-17(22(2,3)4)8-11-19(16)28-20/h6-7,9-10,13-14,17H,8,11-12H2,1-5H3,(H2,23,26,27). The highest BCUT2D eigenvalue weighted by Gasteiger charge is 2.31. The van der Waals surface area contributed by atoms with Gasteiger partial charge in [-0.15, -0.1) is 11.3 Å². The van der Waals surface area contributed by atoms with Crippen molar-refractivity contribution in [1.82, 2.24) is 4.90 Å². The fourth-order valence-electron chi connectivity index (χ4n) is 3.88. The number of hydrogen-bond donors (Lipinski definition) is 1. The summed E-state index contributed by atoms with van der Waals surface area (Å²) < 4.78 is 22.9. The van der Waals surface area contributed by atoms with E-state index in [0.717, 1.165) is 23.3 Å². The molecular weight excluding hydrogens is 404 g/mol. The van der Waals surface area contributed by atoms with Crippen molar-refractivity contribution in [3.63, 3.8) is 0 Å². The number of carbonyl (C=O) groups excluding carboxylic acids is 1. The van der Waals surface area contributed by atoms with E-state index in [1.807, 2.05) is 6.92 Å². The van der Waals surface area contributed by atoms with Gasteiger partial charge in [-0.2, -0.15) is 0 Å². The Morgan fingerprint density at radius 3 is 2.41 bits per heavy atom. The van der Waals surface area contributed by atoms with Gasteiger partial charge in [-0.3, -0.25) is 4.79 Å². The predicted molar refractivity (Wildman–Crippen MR) is 118 cm³/mol. The first-order valence-corrected chi connectivity index (χ1v) is 12.3. The molecular formula is C22H30N2O3S2. The minimum atomic E-state index is -3.72. The fourth-order valence-corrected chi connectivity index (χ4v) is 5.58. The quantitative estimate of drug-likeness (QED) is 0.775. The Hall–Kier alpha value is -1.70. The van der Waals surface area contributed by atoms with Crippen LogP contribution in [0.15, 0.2) is 35.2 Å². The maximum atomic E-state index is 13.1. The molecule has 1 aromatic carbocycles. The largest absolute Gasteiger partial charge is 0.334 e. The van der Waals surface area contributed by atoms with Gasteiger partial charge in [0.2, 0.25) is 10.0 Å². The smallest absolute Gasteiger partial charge is 0.264 e. The third kappa shape index (κ3) is 4.73. The van der Waals surface area contributed by atoms with E-state index in [1.165, 1.54) is 29.0 Å². The Kier molecular flexibility index (Phi) is 5.96. The number of fused-ring (bicyclic) bond motifs is 1. The lowest BCUT2D eigenvalue weighted by molar-refractivity contribution is 0.0747. The Morgan fingerprint density at radius 2 is 1.86 bits per heavy atom.